The smallest absolute Gasteiger partial charge is 0.0345 e. The summed E-state index contributed by atoms with van der Waals surface area (Å²) in [7, 11) is 0. The van der Waals surface area contributed by atoms with Crippen LogP contribution < -0.4 is 0 Å². The van der Waals surface area contributed by atoms with Gasteiger partial charge in [-0.05, 0) is 22.6 Å². The Morgan fingerprint density at radius 3 is 2.54 bits per heavy atom. The fourth-order valence-electron chi connectivity index (χ4n) is 1.20. The molecule has 0 atom stereocenters. The molecular weight excluding hydrogens is 244 g/mol. The van der Waals surface area contributed by atoms with E-state index in [4.69, 9.17) is 0 Å². The number of hydrogen-bond acceptors (Lipinski definition) is 1. The first kappa shape index (κ1) is 8.97. The molecule has 0 fully saturated rings. The molecule has 0 radical (unpaired) electrons. The summed E-state index contributed by atoms with van der Waals surface area (Å²) in [6.45, 7) is 0. The third-order valence-corrected chi connectivity index (χ3v) is 3.54. The molecule has 2 rings (SSSR count). The molecule has 1 aromatic carbocycles. The zero-order chi connectivity index (χ0) is 9.10. The highest BCUT2D eigenvalue weighted by Crippen LogP contribution is 2.27. The molecule has 1 aromatic heterocycles. The molecule has 2 heteroatoms. The minimum atomic E-state index is 0.941. The van der Waals surface area contributed by atoms with Crippen molar-refractivity contribution in [2.45, 2.75) is 5.33 Å². The summed E-state index contributed by atoms with van der Waals surface area (Å²) in [5.41, 5.74) is 2.66. The Kier molecular flexibility index (Phi) is 2.81. The van der Waals surface area contributed by atoms with Gasteiger partial charge in [0, 0.05) is 10.2 Å². The average Bonchev–Trinajstić information content (AvgIpc) is 2.67. The zero-order valence-electron chi connectivity index (χ0n) is 7.03. The van der Waals surface area contributed by atoms with E-state index < -0.39 is 0 Å². The lowest BCUT2D eigenvalue weighted by Crippen LogP contribution is -1.70. The molecule has 0 saturated carbocycles. The summed E-state index contributed by atoms with van der Waals surface area (Å²) in [6.07, 6.45) is 0. The van der Waals surface area contributed by atoms with Crippen LogP contribution >= 0.6 is 27.3 Å². The Hall–Kier alpha value is -0.600. The minimum absolute atomic E-state index is 0.941. The first-order valence-electron chi connectivity index (χ1n) is 4.09. The van der Waals surface area contributed by atoms with Crippen molar-refractivity contribution >= 4 is 27.3 Å². The number of hydrogen-bond donors (Lipinski definition) is 0. The molecule has 0 saturated heterocycles. The van der Waals surface area contributed by atoms with Gasteiger partial charge in [-0.3, -0.25) is 0 Å². The molecule has 0 aliphatic carbocycles. The van der Waals surface area contributed by atoms with Crippen LogP contribution in [0.5, 0.6) is 0 Å². The normalized spacial score (nSPS) is 10.2. The number of thiophene rings is 1. The Morgan fingerprint density at radius 2 is 1.92 bits per heavy atom. The van der Waals surface area contributed by atoms with Crippen molar-refractivity contribution < 1.29 is 0 Å². The average molecular weight is 253 g/mol. The summed E-state index contributed by atoms with van der Waals surface area (Å²) >= 11 is 5.25. The topological polar surface area (TPSA) is 0 Å². The molecule has 0 spiro atoms. The van der Waals surface area contributed by atoms with Crippen LogP contribution in [0.3, 0.4) is 0 Å². The molecule has 0 nitrogen and oxygen atoms in total. The lowest BCUT2D eigenvalue weighted by molar-refractivity contribution is 1.50. The second-order valence-electron chi connectivity index (χ2n) is 2.82. The largest absolute Gasteiger partial charge is 0.144 e. The molecule has 66 valence electrons. The Morgan fingerprint density at radius 1 is 1.15 bits per heavy atom. The quantitative estimate of drug-likeness (QED) is 0.699. The zero-order valence-corrected chi connectivity index (χ0v) is 9.44. The molecule has 1 heterocycles. The van der Waals surface area contributed by atoms with Gasteiger partial charge in [0.2, 0.25) is 0 Å². The van der Waals surface area contributed by atoms with E-state index in [0.717, 1.165) is 5.33 Å². The third kappa shape index (κ3) is 2.01. The lowest BCUT2D eigenvalue weighted by atomic mass is 10.2. The molecule has 0 aliphatic heterocycles. The van der Waals surface area contributed by atoms with Crippen molar-refractivity contribution in [1.82, 2.24) is 0 Å². The van der Waals surface area contributed by atoms with Crippen LogP contribution in [0.15, 0.2) is 41.8 Å². The molecule has 0 N–H and O–H groups in total. The van der Waals surface area contributed by atoms with E-state index in [2.05, 4.69) is 51.6 Å². The molecule has 0 unspecified atom stereocenters. The molecular formula is C11H9BrS. The minimum Gasteiger partial charge on any atom is -0.144 e. The maximum atomic E-state index is 3.45. The fraction of sp³-hybridized carbons (Fsp3) is 0.0909. The van der Waals surface area contributed by atoms with Crippen LogP contribution in [0.25, 0.3) is 10.4 Å². The van der Waals surface area contributed by atoms with E-state index in [9.17, 15) is 0 Å². The van der Waals surface area contributed by atoms with Crippen molar-refractivity contribution in [3.8, 4) is 10.4 Å². The van der Waals surface area contributed by atoms with E-state index >= 15 is 0 Å². The standard InChI is InChI=1S/C11H9BrS/c12-7-9-6-11(13-8-9)10-4-2-1-3-5-10/h1-6,8H,7H2. The molecule has 0 aliphatic rings. The van der Waals surface area contributed by atoms with Gasteiger partial charge in [0.1, 0.15) is 0 Å². The summed E-state index contributed by atoms with van der Waals surface area (Å²) < 4.78 is 0. The van der Waals surface area contributed by atoms with E-state index in [1.165, 1.54) is 16.0 Å². The third-order valence-electron chi connectivity index (χ3n) is 1.87. The Balaban J connectivity index is 2.36. The summed E-state index contributed by atoms with van der Waals surface area (Å²) in [5.74, 6) is 0. The molecule has 0 amide bonds. The summed E-state index contributed by atoms with van der Waals surface area (Å²) in [4.78, 5) is 1.34. The maximum absolute atomic E-state index is 3.45. The van der Waals surface area contributed by atoms with E-state index in [1.807, 2.05) is 6.07 Å². The number of benzene rings is 1. The van der Waals surface area contributed by atoms with Crippen LogP contribution in [0, 0.1) is 0 Å². The van der Waals surface area contributed by atoms with Gasteiger partial charge < -0.3 is 0 Å². The number of alkyl halides is 1. The molecule has 0 bridgehead atoms. The van der Waals surface area contributed by atoms with Gasteiger partial charge in [-0.2, -0.15) is 0 Å². The van der Waals surface area contributed by atoms with E-state index in [1.54, 1.807) is 11.3 Å². The first-order valence-corrected chi connectivity index (χ1v) is 6.09. The molecule has 2 aromatic rings. The second kappa shape index (κ2) is 4.07. The van der Waals surface area contributed by atoms with Crippen molar-refractivity contribution in [1.29, 1.82) is 0 Å². The summed E-state index contributed by atoms with van der Waals surface area (Å²) in [6, 6.07) is 12.7. The van der Waals surface area contributed by atoms with Gasteiger partial charge in [0.15, 0.2) is 0 Å². The van der Waals surface area contributed by atoms with Gasteiger partial charge in [0.05, 0.1) is 0 Å². The lowest BCUT2D eigenvalue weighted by Gasteiger charge is -1.93. The van der Waals surface area contributed by atoms with Gasteiger partial charge >= 0.3 is 0 Å². The summed E-state index contributed by atoms with van der Waals surface area (Å²) in [5, 5.41) is 3.13. The van der Waals surface area contributed by atoms with Crippen LogP contribution in [-0.2, 0) is 5.33 Å². The van der Waals surface area contributed by atoms with Gasteiger partial charge in [-0.1, -0.05) is 46.3 Å². The van der Waals surface area contributed by atoms with Gasteiger partial charge in [-0.25, -0.2) is 0 Å². The second-order valence-corrected chi connectivity index (χ2v) is 4.29. The van der Waals surface area contributed by atoms with E-state index in [0.29, 0.717) is 0 Å². The monoisotopic (exact) mass is 252 g/mol. The number of rotatable bonds is 2. The van der Waals surface area contributed by atoms with Crippen molar-refractivity contribution in [2.75, 3.05) is 0 Å². The van der Waals surface area contributed by atoms with Crippen LogP contribution in [0.4, 0.5) is 0 Å². The SMILES string of the molecule is BrCc1csc(-c2ccccc2)c1. The molecule has 13 heavy (non-hydrogen) atoms. The highest BCUT2D eigenvalue weighted by molar-refractivity contribution is 9.08. The highest BCUT2D eigenvalue weighted by Gasteiger charge is 2.00. The Labute approximate surface area is 90.4 Å². The van der Waals surface area contributed by atoms with Crippen molar-refractivity contribution in [3.63, 3.8) is 0 Å². The van der Waals surface area contributed by atoms with Crippen molar-refractivity contribution in [3.05, 3.63) is 47.3 Å². The van der Waals surface area contributed by atoms with Crippen molar-refractivity contribution in [2.24, 2.45) is 0 Å². The van der Waals surface area contributed by atoms with Gasteiger partial charge in [0.25, 0.3) is 0 Å². The van der Waals surface area contributed by atoms with Crippen LogP contribution in [-0.4, -0.2) is 0 Å². The van der Waals surface area contributed by atoms with Gasteiger partial charge in [-0.15, -0.1) is 11.3 Å². The highest BCUT2D eigenvalue weighted by atomic mass is 79.9. The van der Waals surface area contributed by atoms with Crippen LogP contribution in [0.1, 0.15) is 5.56 Å². The van der Waals surface area contributed by atoms with E-state index in [-0.39, 0.29) is 0 Å². The Bertz CT molecular complexity index is 378. The van der Waals surface area contributed by atoms with Crippen LogP contribution in [0.2, 0.25) is 0 Å². The maximum Gasteiger partial charge on any atom is 0.0345 e. The first-order chi connectivity index (χ1) is 6.40. The number of halogens is 1. The predicted octanol–water partition coefficient (Wildman–Crippen LogP) is 4.31. The predicted molar refractivity (Wildman–Crippen MR) is 62.4 cm³/mol. The fourth-order valence-corrected chi connectivity index (χ4v) is 2.66.